The quantitative estimate of drug-likeness (QED) is 0.790. The zero-order valence-electron chi connectivity index (χ0n) is 10.6. The third-order valence-electron chi connectivity index (χ3n) is 2.35. The van der Waals surface area contributed by atoms with Crippen LogP contribution in [0.15, 0.2) is 18.2 Å². The van der Waals surface area contributed by atoms with Crippen LogP contribution in [0.3, 0.4) is 0 Å². The molecule has 0 heterocycles. The molecule has 0 unspecified atom stereocenters. The second-order valence-corrected chi connectivity index (χ2v) is 3.87. The lowest BCUT2D eigenvalue weighted by Crippen LogP contribution is -2.23. The van der Waals surface area contributed by atoms with Gasteiger partial charge in [-0.2, -0.15) is 0 Å². The van der Waals surface area contributed by atoms with Gasteiger partial charge >= 0.3 is 5.97 Å². The van der Waals surface area contributed by atoms with Crippen molar-refractivity contribution in [2.45, 2.75) is 26.3 Å². The summed E-state index contributed by atoms with van der Waals surface area (Å²) in [6.45, 7) is 2.29. The zero-order valence-corrected chi connectivity index (χ0v) is 10.6. The summed E-state index contributed by atoms with van der Waals surface area (Å²) in [5, 5.41) is 10.9. The summed E-state index contributed by atoms with van der Waals surface area (Å²) >= 11 is 0. The molecule has 1 aromatic carbocycles. The summed E-state index contributed by atoms with van der Waals surface area (Å²) in [7, 11) is 0. The Morgan fingerprint density at radius 1 is 1.37 bits per heavy atom. The molecule has 1 rings (SSSR count). The number of carbonyl (C=O) groups is 2. The third kappa shape index (κ3) is 5.37. The van der Waals surface area contributed by atoms with Crippen molar-refractivity contribution in [3.05, 3.63) is 29.6 Å². The maximum Gasteiger partial charge on any atom is 0.303 e. The molecule has 0 aromatic heterocycles. The summed E-state index contributed by atoms with van der Waals surface area (Å²) in [4.78, 5) is 21.6. The first kappa shape index (κ1) is 14.9. The number of carboxylic acids is 1. The predicted molar refractivity (Wildman–Crippen MR) is 66.3 cm³/mol. The second kappa shape index (κ2) is 7.35. The van der Waals surface area contributed by atoms with Gasteiger partial charge in [-0.3, -0.25) is 9.59 Å². The van der Waals surface area contributed by atoms with E-state index < -0.39 is 11.8 Å². The molecule has 5 nitrogen and oxygen atoms in total. The van der Waals surface area contributed by atoms with E-state index in [-0.39, 0.29) is 31.0 Å². The third-order valence-corrected chi connectivity index (χ3v) is 2.35. The Kier molecular flexibility index (Phi) is 5.78. The fourth-order valence-electron chi connectivity index (χ4n) is 1.44. The van der Waals surface area contributed by atoms with E-state index in [1.54, 1.807) is 13.0 Å². The first-order valence-electron chi connectivity index (χ1n) is 5.92. The largest absolute Gasteiger partial charge is 0.491 e. The van der Waals surface area contributed by atoms with Crippen molar-refractivity contribution in [1.29, 1.82) is 0 Å². The number of aliphatic carboxylic acids is 1. The lowest BCUT2D eigenvalue weighted by Gasteiger charge is -2.08. The molecule has 19 heavy (non-hydrogen) atoms. The van der Waals surface area contributed by atoms with Crippen molar-refractivity contribution >= 4 is 11.9 Å². The molecule has 0 fully saturated rings. The Bertz CT molecular complexity index is 462. The van der Waals surface area contributed by atoms with Crippen LogP contribution >= 0.6 is 0 Å². The van der Waals surface area contributed by atoms with Gasteiger partial charge in [0.2, 0.25) is 5.91 Å². The maximum atomic E-state index is 13.5. The van der Waals surface area contributed by atoms with Crippen molar-refractivity contribution < 1.29 is 23.8 Å². The molecule has 6 heteroatoms. The van der Waals surface area contributed by atoms with E-state index in [0.29, 0.717) is 12.2 Å². The van der Waals surface area contributed by atoms with Gasteiger partial charge in [0.05, 0.1) is 13.0 Å². The number of carboxylic acid groups (broad SMARTS) is 1. The Balaban J connectivity index is 2.47. The van der Waals surface area contributed by atoms with Crippen LogP contribution in [0.1, 0.15) is 25.3 Å². The summed E-state index contributed by atoms with van der Waals surface area (Å²) in [6.07, 6.45) is -0.307. The number of hydrogen-bond acceptors (Lipinski definition) is 3. The van der Waals surface area contributed by atoms with Gasteiger partial charge in [0.1, 0.15) is 0 Å². The average Bonchev–Trinajstić information content (AvgIpc) is 2.37. The molecule has 0 spiro atoms. The standard InChI is InChI=1S/C13H16FNO4/c1-2-19-11-4-3-9(7-10(11)14)8-15-12(16)5-6-13(17)18/h3-4,7H,2,5-6,8H2,1H3,(H,15,16)(H,17,18). The average molecular weight is 269 g/mol. The molecule has 0 atom stereocenters. The SMILES string of the molecule is CCOc1ccc(CNC(=O)CCC(=O)O)cc1F. The van der Waals surface area contributed by atoms with Gasteiger partial charge in [-0.25, -0.2) is 4.39 Å². The highest BCUT2D eigenvalue weighted by atomic mass is 19.1. The van der Waals surface area contributed by atoms with Crippen molar-refractivity contribution in [2.75, 3.05) is 6.61 Å². The molecule has 1 aromatic rings. The number of nitrogens with one attached hydrogen (secondary N) is 1. The Hall–Kier alpha value is -2.11. The molecule has 0 saturated heterocycles. The van der Waals surface area contributed by atoms with Gasteiger partial charge in [-0.05, 0) is 24.6 Å². The Morgan fingerprint density at radius 2 is 2.11 bits per heavy atom. The van der Waals surface area contributed by atoms with Gasteiger partial charge in [-0.15, -0.1) is 0 Å². The van der Waals surface area contributed by atoms with E-state index in [1.807, 2.05) is 0 Å². The molecule has 0 aliphatic carbocycles. The van der Waals surface area contributed by atoms with Crippen molar-refractivity contribution in [3.63, 3.8) is 0 Å². The zero-order chi connectivity index (χ0) is 14.3. The van der Waals surface area contributed by atoms with Gasteiger partial charge in [0.25, 0.3) is 0 Å². The molecule has 0 bridgehead atoms. The molecular weight excluding hydrogens is 253 g/mol. The molecular formula is C13H16FNO4. The first-order chi connectivity index (χ1) is 9.02. The van der Waals surface area contributed by atoms with Crippen LogP contribution in [0.4, 0.5) is 4.39 Å². The van der Waals surface area contributed by atoms with Crippen LogP contribution in [0.5, 0.6) is 5.75 Å². The number of carbonyl (C=O) groups excluding carboxylic acids is 1. The van der Waals surface area contributed by atoms with Gasteiger partial charge < -0.3 is 15.2 Å². The highest BCUT2D eigenvalue weighted by Crippen LogP contribution is 2.18. The van der Waals surface area contributed by atoms with Gasteiger partial charge in [0.15, 0.2) is 11.6 Å². The topological polar surface area (TPSA) is 75.6 Å². The summed E-state index contributed by atoms with van der Waals surface area (Å²) in [6, 6.07) is 4.42. The number of halogens is 1. The summed E-state index contributed by atoms with van der Waals surface area (Å²) in [5.74, 6) is -1.72. The van der Waals surface area contributed by atoms with E-state index in [2.05, 4.69) is 5.32 Å². The fraction of sp³-hybridized carbons (Fsp3) is 0.385. The molecule has 0 aliphatic rings. The van der Waals surface area contributed by atoms with Gasteiger partial charge in [0, 0.05) is 13.0 Å². The van der Waals surface area contributed by atoms with E-state index in [4.69, 9.17) is 9.84 Å². The van der Waals surface area contributed by atoms with Crippen molar-refractivity contribution in [3.8, 4) is 5.75 Å². The number of rotatable bonds is 7. The van der Waals surface area contributed by atoms with Crippen LogP contribution in [0.2, 0.25) is 0 Å². The molecule has 0 saturated carbocycles. The van der Waals surface area contributed by atoms with Gasteiger partial charge in [-0.1, -0.05) is 6.07 Å². The van der Waals surface area contributed by atoms with Crippen LogP contribution in [0.25, 0.3) is 0 Å². The van der Waals surface area contributed by atoms with Crippen LogP contribution < -0.4 is 10.1 Å². The van der Waals surface area contributed by atoms with E-state index in [9.17, 15) is 14.0 Å². The summed E-state index contributed by atoms with van der Waals surface area (Å²) < 4.78 is 18.6. The van der Waals surface area contributed by atoms with E-state index >= 15 is 0 Å². The molecule has 0 aliphatic heterocycles. The van der Waals surface area contributed by atoms with E-state index in [1.165, 1.54) is 12.1 Å². The maximum absolute atomic E-state index is 13.5. The minimum absolute atomic E-state index is 0.0884. The number of amides is 1. The Labute approximate surface area is 110 Å². The number of ether oxygens (including phenoxy) is 1. The lowest BCUT2D eigenvalue weighted by molar-refractivity contribution is -0.138. The van der Waals surface area contributed by atoms with E-state index in [0.717, 1.165) is 0 Å². The smallest absolute Gasteiger partial charge is 0.303 e. The van der Waals surface area contributed by atoms with Crippen molar-refractivity contribution in [2.24, 2.45) is 0 Å². The first-order valence-corrected chi connectivity index (χ1v) is 5.92. The minimum atomic E-state index is -1.03. The second-order valence-electron chi connectivity index (χ2n) is 3.87. The summed E-state index contributed by atoms with van der Waals surface area (Å²) in [5.41, 5.74) is 0.588. The molecule has 104 valence electrons. The van der Waals surface area contributed by atoms with Crippen LogP contribution in [0, 0.1) is 5.82 Å². The highest BCUT2D eigenvalue weighted by Gasteiger charge is 2.07. The van der Waals surface area contributed by atoms with Crippen LogP contribution in [-0.2, 0) is 16.1 Å². The molecule has 0 radical (unpaired) electrons. The lowest BCUT2D eigenvalue weighted by atomic mass is 10.2. The molecule has 2 N–H and O–H groups in total. The fourth-order valence-corrected chi connectivity index (χ4v) is 1.44. The number of benzene rings is 1. The molecule has 1 amide bonds. The number of hydrogen-bond donors (Lipinski definition) is 2. The normalized spacial score (nSPS) is 10.0. The van der Waals surface area contributed by atoms with Crippen LogP contribution in [-0.4, -0.2) is 23.6 Å². The monoisotopic (exact) mass is 269 g/mol. The predicted octanol–water partition coefficient (Wildman–Crippen LogP) is 1.71. The minimum Gasteiger partial charge on any atom is -0.491 e. The Morgan fingerprint density at radius 3 is 2.68 bits per heavy atom. The van der Waals surface area contributed by atoms with Crippen molar-refractivity contribution in [1.82, 2.24) is 5.32 Å². The highest BCUT2D eigenvalue weighted by molar-refractivity contribution is 5.80.